The summed E-state index contributed by atoms with van der Waals surface area (Å²) in [6.45, 7) is 4.72. The van der Waals surface area contributed by atoms with E-state index in [-0.39, 0.29) is 5.41 Å². The Kier molecular flexibility index (Phi) is 8.92. The third-order valence-electron chi connectivity index (χ3n) is 11.7. The van der Waals surface area contributed by atoms with E-state index in [9.17, 15) is 0 Å². The van der Waals surface area contributed by atoms with Crippen molar-refractivity contribution in [2.24, 2.45) is 7.05 Å². The highest BCUT2D eigenvalue weighted by atomic mass is 15.1. The molecule has 1 heterocycles. The van der Waals surface area contributed by atoms with E-state index in [1.165, 1.54) is 66.1 Å². The number of aromatic nitrogens is 1. The van der Waals surface area contributed by atoms with E-state index in [1.807, 2.05) is 30.5 Å². The topological polar surface area (TPSA) is 20.2 Å². The quantitative estimate of drug-likeness (QED) is 0.143. The molecule has 1 N–H and O–H groups in total. The molecule has 8 aromatic rings. The average molecular weight is 712 g/mol. The van der Waals surface area contributed by atoms with Gasteiger partial charge in [-0.25, -0.2) is 0 Å². The van der Waals surface area contributed by atoms with E-state index in [1.54, 1.807) is 0 Å². The molecule has 0 unspecified atom stereocenters. The Hall–Kier alpha value is -6.58. The molecule has 3 nitrogen and oxygen atoms in total. The highest BCUT2D eigenvalue weighted by Gasteiger charge is 2.42. The van der Waals surface area contributed by atoms with Crippen molar-refractivity contribution in [3.05, 3.63) is 199 Å². The zero-order valence-electron chi connectivity index (χ0n) is 31.7. The lowest BCUT2D eigenvalue weighted by atomic mass is 9.73. The van der Waals surface area contributed by atoms with Crippen molar-refractivity contribution in [1.29, 1.82) is 0 Å². The summed E-state index contributed by atoms with van der Waals surface area (Å²) >= 11 is 0. The van der Waals surface area contributed by atoms with Gasteiger partial charge in [-0.3, -0.25) is 0 Å². The maximum Gasteiger partial charge on any atom is 0.0543 e. The minimum Gasteiger partial charge on any atom is -0.362 e. The van der Waals surface area contributed by atoms with Gasteiger partial charge in [0.15, 0.2) is 0 Å². The van der Waals surface area contributed by atoms with Crippen LogP contribution >= 0.6 is 0 Å². The van der Waals surface area contributed by atoms with Crippen LogP contribution in [0.2, 0.25) is 0 Å². The second kappa shape index (κ2) is 14.3. The number of para-hydroxylation sites is 3. The molecule has 0 spiro atoms. The minimum atomic E-state index is -0.114. The first-order valence-corrected chi connectivity index (χ1v) is 19.5. The summed E-state index contributed by atoms with van der Waals surface area (Å²) in [4.78, 5) is 2.48. The lowest BCUT2D eigenvalue weighted by molar-refractivity contribution is 0.490. The van der Waals surface area contributed by atoms with E-state index in [0.29, 0.717) is 0 Å². The predicted octanol–water partition coefficient (Wildman–Crippen LogP) is 14.2. The van der Waals surface area contributed by atoms with Gasteiger partial charge in [0.1, 0.15) is 0 Å². The second-order valence-corrected chi connectivity index (χ2v) is 14.5. The second-order valence-electron chi connectivity index (χ2n) is 14.5. The molecule has 1 aliphatic rings. The first-order valence-electron chi connectivity index (χ1n) is 19.5. The third kappa shape index (κ3) is 5.84. The van der Waals surface area contributed by atoms with E-state index >= 15 is 0 Å². The molecule has 55 heavy (non-hydrogen) atoms. The van der Waals surface area contributed by atoms with Gasteiger partial charge in [-0.05, 0) is 101 Å². The summed E-state index contributed by atoms with van der Waals surface area (Å²) in [5, 5.41) is 8.42. The number of aryl methyl sites for hydroxylation is 1. The summed E-state index contributed by atoms with van der Waals surface area (Å²) in [6.07, 6.45) is 14.5. The van der Waals surface area contributed by atoms with E-state index < -0.39 is 0 Å². The van der Waals surface area contributed by atoms with Crippen LogP contribution in [0.4, 0.5) is 22.7 Å². The number of benzene rings is 7. The van der Waals surface area contributed by atoms with Crippen LogP contribution < -0.4 is 10.2 Å². The van der Waals surface area contributed by atoms with Crippen molar-refractivity contribution in [3.63, 3.8) is 0 Å². The highest BCUT2D eigenvalue weighted by molar-refractivity contribution is 6.12. The van der Waals surface area contributed by atoms with E-state index in [0.717, 1.165) is 29.9 Å². The van der Waals surface area contributed by atoms with Gasteiger partial charge in [0.05, 0.1) is 11.2 Å². The molecular formula is C52H45N3. The standard InChI is InChI=1S/C52H45N3/c1-4-52(5-2)46-34-37(20-10-6-7-19-33-53-38-21-11-8-12-22-38)29-31-45(46)51-44-27-16-15-26-42(44)50(36-47(51)52)55(39-23-13-9-14-24-39)40-30-32-43-41-25-17-18-28-48(41)54(3)49(43)35-40/h6-36,53H,4-5H2,1-3H3/b7-6-,20-10-,33-19+. The highest BCUT2D eigenvalue weighted by Crippen LogP contribution is 2.57. The molecule has 3 heteroatoms. The monoisotopic (exact) mass is 711 g/mol. The first kappa shape index (κ1) is 34.2. The number of hydrogen-bond acceptors (Lipinski definition) is 2. The molecule has 1 aliphatic carbocycles. The molecular weight excluding hydrogens is 667 g/mol. The first-order chi connectivity index (χ1) is 27.1. The van der Waals surface area contributed by atoms with Crippen molar-refractivity contribution < 1.29 is 0 Å². The van der Waals surface area contributed by atoms with Gasteiger partial charge < -0.3 is 14.8 Å². The van der Waals surface area contributed by atoms with Crippen LogP contribution in [0, 0.1) is 0 Å². The lowest BCUT2D eigenvalue weighted by Crippen LogP contribution is -2.23. The van der Waals surface area contributed by atoms with Gasteiger partial charge in [-0.15, -0.1) is 0 Å². The zero-order valence-corrected chi connectivity index (χ0v) is 31.7. The summed E-state index contributed by atoms with van der Waals surface area (Å²) < 4.78 is 2.33. The Bertz CT molecular complexity index is 2760. The van der Waals surface area contributed by atoms with Gasteiger partial charge >= 0.3 is 0 Å². The molecule has 0 amide bonds. The maximum atomic E-state index is 3.31. The fourth-order valence-corrected chi connectivity index (χ4v) is 8.97. The SMILES string of the molecule is CCC1(CC)c2cc(\C=C/C=C\C=C\Nc3ccccc3)ccc2-c2c1cc(N(c1ccccc1)c1ccc3c4ccccc4n(C)c3c1)c1ccccc21. The van der Waals surface area contributed by atoms with Crippen LogP contribution in [-0.4, -0.2) is 4.57 Å². The average Bonchev–Trinajstić information content (AvgIpc) is 3.69. The summed E-state index contributed by atoms with van der Waals surface area (Å²) in [5.41, 5.74) is 13.7. The van der Waals surface area contributed by atoms with Crippen LogP contribution in [0.25, 0.3) is 49.8 Å². The molecule has 9 rings (SSSR count). The molecule has 7 aromatic carbocycles. The van der Waals surface area contributed by atoms with E-state index in [4.69, 9.17) is 0 Å². The molecule has 0 fully saturated rings. The predicted molar refractivity (Wildman–Crippen MR) is 237 cm³/mol. The smallest absolute Gasteiger partial charge is 0.0543 e. The number of rotatable bonds is 10. The maximum absolute atomic E-state index is 3.31. The molecule has 0 bridgehead atoms. The normalized spacial score (nSPS) is 13.4. The Labute approximate surface area is 324 Å². The molecule has 0 saturated heterocycles. The third-order valence-corrected chi connectivity index (χ3v) is 11.7. The zero-order chi connectivity index (χ0) is 37.4. The molecule has 268 valence electrons. The van der Waals surface area contributed by atoms with Gasteiger partial charge in [-0.2, -0.15) is 0 Å². The number of nitrogens with zero attached hydrogens (tertiary/aromatic N) is 2. The number of allylic oxidation sites excluding steroid dienone is 4. The number of fused-ring (bicyclic) bond motifs is 8. The summed E-state index contributed by atoms with van der Waals surface area (Å²) in [5.74, 6) is 0. The molecule has 0 radical (unpaired) electrons. The van der Waals surface area contributed by atoms with Crippen molar-refractivity contribution in [3.8, 4) is 11.1 Å². The van der Waals surface area contributed by atoms with Gasteiger partial charge in [0.25, 0.3) is 0 Å². The fourth-order valence-electron chi connectivity index (χ4n) is 8.97. The number of anilines is 4. The lowest BCUT2D eigenvalue weighted by Gasteiger charge is -2.33. The molecule has 0 atom stereocenters. The van der Waals surface area contributed by atoms with E-state index in [2.05, 4.69) is 193 Å². The Morgan fingerprint density at radius 1 is 0.564 bits per heavy atom. The van der Waals surface area contributed by atoms with Crippen molar-refractivity contribution in [1.82, 2.24) is 4.57 Å². The van der Waals surface area contributed by atoms with Crippen molar-refractivity contribution >= 4 is 61.4 Å². The fraction of sp³-hybridized carbons (Fsp3) is 0.115. The van der Waals surface area contributed by atoms with Crippen molar-refractivity contribution in [2.45, 2.75) is 32.1 Å². The van der Waals surface area contributed by atoms with Crippen LogP contribution in [0.5, 0.6) is 0 Å². The van der Waals surface area contributed by atoms with Crippen LogP contribution in [0.15, 0.2) is 182 Å². The van der Waals surface area contributed by atoms with Crippen LogP contribution in [-0.2, 0) is 12.5 Å². The van der Waals surface area contributed by atoms with Crippen molar-refractivity contribution in [2.75, 3.05) is 10.2 Å². The van der Waals surface area contributed by atoms with Gasteiger partial charge in [0.2, 0.25) is 0 Å². The molecule has 0 saturated carbocycles. The summed E-state index contributed by atoms with van der Waals surface area (Å²) in [7, 11) is 2.18. The Balaban J connectivity index is 1.15. The van der Waals surface area contributed by atoms with Crippen LogP contribution in [0.1, 0.15) is 43.4 Å². The largest absolute Gasteiger partial charge is 0.362 e. The Morgan fingerprint density at radius 2 is 1.24 bits per heavy atom. The Morgan fingerprint density at radius 3 is 2.02 bits per heavy atom. The van der Waals surface area contributed by atoms with Gasteiger partial charge in [-0.1, -0.05) is 141 Å². The van der Waals surface area contributed by atoms with Crippen LogP contribution in [0.3, 0.4) is 0 Å². The minimum absolute atomic E-state index is 0.114. The van der Waals surface area contributed by atoms with Gasteiger partial charge in [0, 0.05) is 57.4 Å². The summed E-state index contributed by atoms with van der Waals surface area (Å²) in [6, 6.07) is 55.4. The molecule has 0 aliphatic heterocycles. The number of hydrogen-bond donors (Lipinski definition) is 1. The molecule has 1 aromatic heterocycles. The number of nitrogens with one attached hydrogen (secondary N) is 1.